The summed E-state index contributed by atoms with van der Waals surface area (Å²) >= 11 is 3.52. The molecule has 0 aliphatic carbocycles. The highest BCUT2D eigenvalue weighted by Crippen LogP contribution is 2.28. The van der Waals surface area contributed by atoms with Gasteiger partial charge < -0.3 is 4.57 Å². The highest BCUT2D eigenvalue weighted by Gasteiger charge is 2.23. The maximum Gasteiger partial charge on any atom is 0.250 e. The second kappa shape index (κ2) is 4.97. The number of nitrogens with zero attached hydrogens (tertiary/aromatic N) is 1. The Kier molecular flexibility index (Phi) is 4.14. The summed E-state index contributed by atoms with van der Waals surface area (Å²) in [6, 6.07) is 5.28. The van der Waals surface area contributed by atoms with Gasteiger partial charge in [0, 0.05) is 24.1 Å². The summed E-state index contributed by atoms with van der Waals surface area (Å²) in [7, 11) is 0. The van der Waals surface area contributed by atoms with Gasteiger partial charge in [-0.1, -0.05) is 42.8 Å². The molecule has 2 nitrogen and oxygen atoms in total. The van der Waals surface area contributed by atoms with Crippen LogP contribution in [0.4, 0.5) is 0 Å². The van der Waals surface area contributed by atoms with Gasteiger partial charge in [0.15, 0.2) is 0 Å². The summed E-state index contributed by atoms with van der Waals surface area (Å²) in [5.74, 6) is 0.456. The van der Waals surface area contributed by atoms with Gasteiger partial charge in [0.1, 0.15) is 0 Å². The quantitative estimate of drug-likeness (QED) is 0.775. The lowest BCUT2D eigenvalue weighted by atomic mass is 9.82. The summed E-state index contributed by atoms with van der Waals surface area (Å²) in [6.07, 6.45) is 1.85. The standard InChI is InChI=1S/C12H18BrNO/c1-12(2,3)10(8-13)9-14-7-5-4-6-11(14)15/h4-7,10H,8-9H2,1-3H3. The molecule has 0 radical (unpaired) electrons. The van der Waals surface area contributed by atoms with Crippen molar-refractivity contribution in [2.75, 3.05) is 5.33 Å². The topological polar surface area (TPSA) is 22.0 Å². The minimum atomic E-state index is 0.0766. The molecule has 0 aliphatic rings. The molecule has 1 heterocycles. The van der Waals surface area contributed by atoms with Crippen molar-refractivity contribution < 1.29 is 0 Å². The third-order valence-corrected chi connectivity index (χ3v) is 3.51. The maximum absolute atomic E-state index is 11.5. The Labute approximate surface area is 99.4 Å². The molecule has 0 aliphatic heterocycles. The van der Waals surface area contributed by atoms with Gasteiger partial charge in [-0.05, 0) is 17.4 Å². The highest BCUT2D eigenvalue weighted by molar-refractivity contribution is 9.09. The van der Waals surface area contributed by atoms with Crippen LogP contribution in [0.1, 0.15) is 20.8 Å². The fourth-order valence-electron chi connectivity index (χ4n) is 1.40. The average Bonchev–Trinajstić information content (AvgIpc) is 2.14. The maximum atomic E-state index is 11.5. The van der Waals surface area contributed by atoms with E-state index in [1.165, 1.54) is 0 Å². The van der Waals surface area contributed by atoms with Gasteiger partial charge in [0.2, 0.25) is 0 Å². The molecule has 0 saturated carbocycles. The van der Waals surface area contributed by atoms with Crippen LogP contribution in [0.5, 0.6) is 0 Å². The molecule has 15 heavy (non-hydrogen) atoms. The van der Waals surface area contributed by atoms with Crippen molar-refractivity contribution in [2.45, 2.75) is 27.3 Å². The van der Waals surface area contributed by atoms with Crippen LogP contribution >= 0.6 is 15.9 Å². The zero-order chi connectivity index (χ0) is 11.5. The fourth-order valence-corrected chi connectivity index (χ4v) is 2.58. The number of alkyl halides is 1. The van der Waals surface area contributed by atoms with E-state index in [2.05, 4.69) is 36.7 Å². The minimum absolute atomic E-state index is 0.0766. The van der Waals surface area contributed by atoms with E-state index in [1.54, 1.807) is 16.7 Å². The normalized spacial score (nSPS) is 13.9. The van der Waals surface area contributed by atoms with Crippen molar-refractivity contribution in [1.29, 1.82) is 0 Å². The molecule has 0 N–H and O–H groups in total. The molecule has 84 valence electrons. The van der Waals surface area contributed by atoms with Crippen LogP contribution in [0.2, 0.25) is 0 Å². The Bertz CT molecular complexity index is 364. The number of halogens is 1. The Balaban J connectivity index is 2.85. The molecule has 0 aromatic carbocycles. The molecule has 0 spiro atoms. The molecule has 3 heteroatoms. The largest absolute Gasteiger partial charge is 0.315 e. The predicted octanol–water partition coefficient (Wildman–Crippen LogP) is 2.91. The summed E-state index contributed by atoms with van der Waals surface area (Å²) < 4.78 is 1.77. The second-order valence-corrected chi connectivity index (χ2v) is 5.56. The van der Waals surface area contributed by atoms with E-state index in [1.807, 2.05) is 12.3 Å². The van der Waals surface area contributed by atoms with Crippen LogP contribution in [0, 0.1) is 11.3 Å². The first-order valence-electron chi connectivity index (χ1n) is 5.16. The molecule has 1 unspecified atom stereocenters. The number of pyridine rings is 1. The van der Waals surface area contributed by atoms with Gasteiger partial charge in [0.05, 0.1) is 0 Å². The van der Waals surface area contributed by atoms with Crippen molar-refractivity contribution in [3.8, 4) is 0 Å². The summed E-state index contributed by atoms with van der Waals surface area (Å²) in [6.45, 7) is 7.38. The highest BCUT2D eigenvalue weighted by atomic mass is 79.9. The van der Waals surface area contributed by atoms with E-state index < -0.39 is 0 Å². The number of rotatable bonds is 3. The summed E-state index contributed by atoms with van der Waals surface area (Å²) in [5.41, 5.74) is 0.284. The van der Waals surface area contributed by atoms with Crippen LogP contribution in [-0.2, 0) is 6.54 Å². The van der Waals surface area contributed by atoms with E-state index in [9.17, 15) is 4.79 Å². The van der Waals surface area contributed by atoms with E-state index in [-0.39, 0.29) is 11.0 Å². The lowest BCUT2D eigenvalue weighted by molar-refractivity contribution is 0.237. The molecule has 0 saturated heterocycles. The van der Waals surface area contributed by atoms with E-state index in [0.717, 1.165) is 11.9 Å². The van der Waals surface area contributed by atoms with Gasteiger partial charge in [0.25, 0.3) is 5.56 Å². The van der Waals surface area contributed by atoms with Crippen LogP contribution in [0.15, 0.2) is 29.2 Å². The molecule has 1 rings (SSSR count). The molecule has 1 atom stereocenters. The van der Waals surface area contributed by atoms with Gasteiger partial charge in [-0.3, -0.25) is 4.79 Å². The van der Waals surface area contributed by atoms with Crippen molar-refractivity contribution in [1.82, 2.24) is 4.57 Å². The first-order valence-corrected chi connectivity index (χ1v) is 6.28. The Hall–Kier alpha value is -0.570. The molecular formula is C12H18BrNO. The fraction of sp³-hybridized carbons (Fsp3) is 0.583. The monoisotopic (exact) mass is 271 g/mol. The summed E-state index contributed by atoms with van der Waals surface area (Å²) in [5, 5.41) is 0.915. The van der Waals surface area contributed by atoms with Gasteiger partial charge in [-0.25, -0.2) is 0 Å². The second-order valence-electron chi connectivity index (χ2n) is 4.91. The van der Waals surface area contributed by atoms with Crippen LogP contribution in [-0.4, -0.2) is 9.90 Å². The first kappa shape index (κ1) is 12.5. The SMILES string of the molecule is CC(C)(C)C(CBr)Cn1ccccc1=O. The number of hydrogen-bond acceptors (Lipinski definition) is 1. The summed E-state index contributed by atoms with van der Waals surface area (Å²) in [4.78, 5) is 11.5. The smallest absolute Gasteiger partial charge is 0.250 e. The van der Waals surface area contributed by atoms with Gasteiger partial charge in [-0.2, -0.15) is 0 Å². The van der Waals surface area contributed by atoms with Crippen LogP contribution < -0.4 is 5.56 Å². The van der Waals surface area contributed by atoms with Crippen LogP contribution in [0.25, 0.3) is 0 Å². The van der Waals surface area contributed by atoms with Crippen molar-refractivity contribution in [2.24, 2.45) is 11.3 Å². The average molecular weight is 272 g/mol. The van der Waals surface area contributed by atoms with Gasteiger partial charge in [-0.15, -0.1) is 0 Å². The Morgan fingerprint density at radius 1 is 1.40 bits per heavy atom. The molecular weight excluding hydrogens is 254 g/mol. The molecule has 0 bridgehead atoms. The van der Waals surface area contributed by atoms with Crippen LogP contribution in [0.3, 0.4) is 0 Å². The van der Waals surface area contributed by atoms with E-state index >= 15 is 0 Å². The van der Waals surface area contributed by atoms with Crippen molar-refractivity contribution in [3.63, 3.8) is 0 Å². The third kappa shape index (κ3) is 3.49. The zero-order valence-corrected chi connectivity index (χ0v) is 11.1. The molecule has 1 aromatic heterocycles. The van der Waals surface area contributed by atoms with E-state index in [0.29, 0.717) is 5.92 Å². The minimum Gasteiger partial charge on any atom is -0.315 e. The lowest BCUT2D eigenvalue weighted by Crippen LogP contribution is -2.30. The Morgan fingerprint density at radius 2 is 2.07 bits per heavy atom. The molecule has 1 aromatic rings. The Morgan fingerprint density at radius 3 is 2.53 bits per heavy atom. The number of hydrogen-bond donors (Lipinski definition) is 0. The van der Waals surface area contributed by atoms with E-state index in [4.69, 9.17) is 0 Å². The first-order chi connectivity index (χ1) is 6.95. The molecule has 0 amide bonds. The third-order valence-electron chi connectivity index (χ3n) is 2.73. The predicted molar refractivity (Wildman–Crippen MR) is 67.4 cm³/mol. The van der Waals surface area contributed by atoms with Gasteiger partial charge >= 0.3 is 0 Å². The lowest BCUT2D eigenvalue weighted by Gasteiger charge is -2.29. The zero-order valence-electron chi connectivity index (χ0n) is 9.53. The van der Waals surface area contributed by atoms with Crippen molar-refractivity contribution >= 4 is 15.9 Å². The molecule has 0 fully saturated rings. The van der Waals surface area contributed by atoms with Crippen molar-refractivity contribution in [3.05, 3.63) is 34.7 Å². The number of aromatic nitrogens is 1.